The summed E-state index contributed by atoms with van der Waals surface area (Å²) in [6.07, 6.45) is 5.13. The van der Waals surface area contributed by atoms with E-state index in [2.05, 4.69) is 20.8 Å². The highest BCUT2D eigenvalue weighted by Crippen LogP contribution is 2.52. The normalized spacial score (nSPS) is 41.4. The van der Waals surface area contributed by atoms with E-state index < -0.39 is 0 Å². The lowest BCUT2D eigenvalue weighted by Crippen LogP contribution is -2.44. The fraction of sp³-hybridized carbons (Fsp3) is 0.917. The molecule has 14 heavy (non-hydrogen) atoms. The lowest BCUT2D eigenvalue weighted by molar-refractivity contribution is -0.155. The molecule has 2 fully saturated rings. The van der Waals surface area contributed by atoms with Crippen molar-refractivity contribution in [3.63, 3.8) is 0 Å². The Morgan fingerprint density at radius 3 is 2.29 bits per heavy atom. The summed E-state index contributed by atoms with van der Waals surface area (Å²) in [4.78, 5) is 11.4. The second-order valence-corrected chi connectivity index (χ2v) is 5.71. The highest BCUT2D eigenvalue weighted by molar-refractivity contribution is 5.73. The molecular formula is C12H20O2. The third-order valence-corrected chi connectivity index (χ3v) is 4.21. The van der Waals surface area contributed by atoms with Gasteiger partial charge in [-0.3, -0.25) is 4.79 Å². The first kappa shape index (κ1) is 10.0. The lowest BCUT2D eigenvalue weighted by atomic mass is 9.65. The smallest absolute Gasteiger partial charge is 0.307 e. The molecule has 0 amide bonds. The summed E-state index contributed by atoms with van der Waals surface area (Å²) in [5.41, 5.74) is -0.0825. The number of rotatable bonds is 0. The summed E-state index contributed by atoms with van der Waals surface area (Å²) in [6, 6.07) is 0. The SMILES string of the molecule is CC1CCC2(CC1)OC(=O)CC2(C)C. The molecule has 80 valence electrons. The minimum atomic E-state index is -0.128. The predicted molar refractivity (Wildman–Crippen MR) is 54.9 cm³/mol. The third-order valence-electron chi connectivity index (χ3n) is 4.21. The first-order chi connectivity index (χ1) is 6.45. The molecule has 0 aromatic heterocycles. The number of carbonyl (C=O) groups excluding carboxylic acids is 1. The largest absolute Gasteiger partial charge is 0.458 e. The van der Waals surface area contributed by atoms with Gasteiger partial charge in [0, 0.05) is 5.41 Å². The summed E-state index contributed by atoms with van der Waals surface area (Å²) < 4.78 is 5.61. The van der Waals surface area contributed by atoms with E-state index in [4.69, 9.17) is 4.74 Å². The molecule has 1 saturated carbocycles. The summed E-state index contributed by atoms with van der Waals surface area (Å²) in [6.45, 7) is 6.64. The van der Waals surface area contributed by atoms with Gasteiger partial charge in [-0.1, -0.05) is 20.8 Å². The molecule has 0 N–H and O–H groups in total. The minimum Gasteiger partial charge on any atom is -0.458 e. The first-order valence-corrected chi connectivity index (χ1v) is 5.67. The van der Waals surface area contributed by atoms with Gasteiger partial charge in [-0.15, -0.1) is 0 Å². The zero-order valence-corrected chi connectivity index (χ0v) is 9.43. The molecule has 2 heteroatoms. The molecule has 0 radical (unpaired) electrons. The van der Waals surface area contributed by atoms with Crippen LogP contribution in [0.5, 0.6) is 0 Å². The first-order valence-electron chi connectivity index (χ1n) is 5.67. The van der Waals surface area contributed by atoms with E-state index in [1.54, 1.807) is 0 Å². The average Bonchev–Trinajstić information content (AvgIpc) is 2.28. The average molecular weight is 196 g/mol. The maximum Gasteiger partial charge on any atom is 0.307 e. The molecule has 1 aliphatic heterocycles. The highest BCUT2D eigenvalue weighted by Gasteiger charge is 2.55. The van der Waals surface area contributed by atoms with Gasteiger partial charge in [0.05, 0.1) is 6.42 Å². The van der Waals surface area contributed by atoms with Gasteiger partial charge in [0.15, 0.2) is 0 Å². The molecule has 0 bridgehead atoms. The molecule has 0 aromatic carbocycles. The fourth-order valence-electron chi connectivity index (χ4n) is 2.92. The van der Waals surface area contributed by atoms with Crippen LogP contribution in [-0.4, -0.2) is 11.6 Å². The summed E-state index contributed by atoms with van der Waals surface area (Å²) >= 11 is 0. The van der Waals surface area contributed by atoms with Gasteiger partial charge >= 0.3 is 5.97 Å². The topological polar surface area (TPSA) is 26.3 Å². The summed E-state index contributed by atoms with van der Waals surface area (Å²) in [5, 5.41) is 0. The van der Waals surface area contributed by atoms with E-state index in [-0.39, 0.29) is 17.0 Å². The van der Waals surface area contributed by atoms with Crippen LogP contribution in [0, 0.1) is 11.3 Å². The molecule has 1 heterocycles. The van der Waals surface area contributed by atoms with E-state index in [0.717, 1.165) is 18.8 Å². The van der Waals surface area contributed by atoms with Crippen LogP contribution in [0.3, 0.4) is 0 Å². The Bertz CT molecular complexity index is 247. The van der Waals surface area contributed by atoms with Crippen molar-refractivity contribution in [3.8, 4) is 0 Å². The standard InChI is InChI=1S/C12H20O2/c1-9-4-6-12(7-5-9)11(2,3)8-10(13)14-12/h9H,4-8H2,1-3H3. The molecule has 2 aliphatic rings. The van der Waals surface area contributed by atoms with Crippen molar-refractivity contribution in [1.82, 2.24) is 0 Å². The number of hydrogen-bond acceptors (Lipinski definition) is 2. The van der Waals surface area contributed by atoms with Crippen molar-refractivity contribution < 1.29 is 9.53 Å². The second kappa shape index (κ2) is 2.98. The van der Waals surface area contributed by atoms with Crippen LogP contribution in [-0.2, 0) is 9.53 Å². The van der Waals surface area contributed by atoms with Gasteiger partial charge in [0.25, 0.3) is 0 Å². The third kappa shape index (κ3) is 1.35. The number of esters is 1. The van der Waals surface area contributed by atoms with E-state index in [1.165, 1.54) is 12.8 Å². The van der Waals surface area contributed by atoms with Gasteiger partial charge in [-0.05, 0) is 31.6 Å². The maximum atomic E-state index is 11.4. The molecule has 1 aliphatic carbocycles. The van der Waals surface area contributed by atoms with Crippen LogP contribution in [0.25, 0.3) is 0 Å². The number of ether oxygens (including phenoxy) is 1. The lowest BCUT2D eigenvalue weighted by Gasteiger charge is -2.43. The monoisotopic (exact) mass is 196 g/mol. The molecule has 2 rings (SSSR count). The Morgan fingerprint density at radius 2 is 1.86 bits per heavy atom. The molecule has 1 saturated heterocycles. The van der Waals surface area contributed by atoms with E-state index in [1.807, 2.05) is 0 Å². The van der Waals surface area contributed by atoms with Gasteiger partial charge in [-0.2, -0.15) is 0 Å². The Hall–Kier alpha value is -0.530. The van der Waals surface area contributed by atoms with Crippen LogP contribution in [0.1, 0.15) is 52.9 Å². The zero-order valence-electron chi connectivity index (χ0n) is 9.43. The van der Waals surface area contributed by atoms with Crippen molar-refractivity contribution in [2.24, 2.45) is 11.3 Å². The van der Waals surface area contributed by atoms with Crippen LogP contribution >= 0.6 is 0 Å². The second-order valence-electron chi connectivity index (χ2n) is 5.71. The van der Waals surface area contributed by atoms with Gasteiger partial charge in [0.1, 0.15) is 5.60 Å². The Labute approximate surface area is 86.0 Å². The van der Waals surface area contributed by atoms with Gasteiger partial charge in [-0.25, -0.2) is 0 Å². The Morgan fingerprint density at radius 1 is 1.29 bits per heavy atom. The Kier molecular flexibility index (Phi) is 2.13. The molecule has 1 spiro atoms. The summed E-state index contributed by atoms with van der Waals surface area (Å²) in [7, 11) is 0. The zero-order chi connectivity index (χ0) is 10.4. The molecule has 0 unspecified atom stereocenters. The van der Waals surface area contributed by atoms with Crippen molar-refractivity contribution >= 4 is 5.97 Å². The molecule has 2 nitrogen and oxygen atoms in total. The predicted octanol–water partition coefficient (Wildman–Crippen LogP) is 2.91. The van der Waals surface area contributed by atoms with Crippen molar-refractivity contribution in [2.45, 2.75) is 58.5 Å². The van der Waals surface area contributed by atoms with Crippen LogP contribution in [0.15, 0.2) is 0 Å². The maximum absolute atomic E-state index is 11.4. The van der Waals surface area contributed by atoms with E-state index in [9.17, 15) is 4.79 Å². The van der Waals surface area contributed by atoms with E-state index in [0.29, 0.717) is 6.42 Å². The van der Waals surface area contributed by atoms with Crippen LogP contribution in [0.4, 0.5) is 0 Å². The number of hydrogen-bond donors (Lipinski definition) is 0. The number of carbonyl (C=O) groups is 1. The van der Waals surface area contributed by atoms with Crippen LogP contribution in [0.2, 0.25) is 0 Å². The fourth-order valence-corrected chi connectivity index (χ4v) is 2.92. The molecular weight excluding hydrogens is 176 g/mol. The minimum absolute atomic E-state index is 0.00422. The van der Waals surface area contributed by atoms with Crippen molar-refractivity contribution in [2.75, 3.05) is 0 Å². The van der Waals surface area contributed by atoms with Crippen LogP contribution < -0.4 is 0 Å². The Balaban J connectivity index is 2.19. The highest BCUT2D eigenvalue weighted by atomic mass is 16.6. The van der Waals surface area contributed by atoms with Gasteiger partial charge < -0.3 is 4.74 Å². The molecule has 0 atom stereocenters. The molecule has 0 aromatic rings. The van der Waals surface area contributed by atoms with E-state index >= 15 is 0 Å². The van der Waals surface area contributed by atoms with Crippen molar-refractivity contribution in [3.05, 3.63) is 0 Å². The van der Waals surface area contributed by atoms with Gasteiger partial charge in [0.2, 0.25) is 0 Å². The summed E-state index contributed by atoms with van der Waals surface area (Å²) in [5.74, 6) is 0.806. The quantitative estimate of drug-likeness (QED) is 0.557. The van der Waals surface area contributed by atoms with Crippen molar-refractivity contribution in [1.29, 1.82) is 0 Å².